The zero-order valence-electron chi connectivity index (χ0n) is 19.1. The number of morpholine rings is 1. The molecular weight excluding hydrogens is 408 g/mol. The molecule has 8 nitrogen and oxygen atoms in total. The minimum absolute atomic E-state index is 0.0890. The van der Waals surface area contributed by atoms with E-state index in [1.807, 2.05) is 17.0 Å². The monoisotopic (exact) mass is 442 g/mol. The van der Waals surface area contributed by atoms with Gasteiger partial charge < -0.3 is 29.4 Å². The molecule has 3 aliphatic rings. The lowest BCUT2D eigenvalue weighted by atomic mass is 9.68. The number of aliphatic hydroxyl groups excluding tert-OH is 1. The highest BCUT2D eigenvalue weighted by molar-refractivity contribution is 5.89. The maximum atomic E-state index is 13.5. The van der Waals surface area contributed by atoms with Crippen LogP contribution >= 0.6 is 0 Å². The number of fused-ring (bicyclic) bond motifs is 4. The summed E-state index contributed by atoms with van der Waals surface area (Å²) in [6, 6.07) is 5.79. The Bertz CT molecular complexity index is 976. The fourth-order valence-corrected chi connectivity index (χ4v) is 5.76. The number of piperidine rings is 1. The van der Waals surface area contributed by atoms with Crippen LogP contribution in [0.3, 0.4) is 0 Å². The van der Waals surface area contributed by atoms with Crippen molar-refractivity contribution in [1.29, 1.82) is 0 Å². The normalized spacial score (nSPS) is 24.1. The van der Waals surface area contributed by atoms with Gasteiger partial charge in [0.25, 0.3) is 0 Å². The smallest absolute Gasteiger partial charge is 0.237 e. The number of aromatic nitrogens is 1. The first-order chi connectivity index (χ1) is 15.5. The number of hydrogen-bond acceptors (Lipinski definition) is 6. The van der Waals surface area contributed by atoms with Gasteiger partial charge in [0.1, 0.15) is 5.75 Å². The van der Waals surface area contributed by atoms with Crippen molar-refractivity contribution in [3.8, 4) is 5.75 Å². The Labute approximate surface area is 189 Å². The second kappa shape index (κ2) is 8.67. The molecule has 5 rings (SSSR count). The van der Waals surface area contributed by atoms with E-state index in [1.165, 1.54) is 10.9 Å². The lowest BCUT2D eigenvalue weighted by Gasteiger charge is -2.50. The molecule has 0 bridgehead atoms. The number of amides is 1. The van der Waals surface area contributed by atoms with Crippen molar-refractivity contribution in [2.45, 2.75) is 24.3 Å². The van der Waals surface area contributed by atoms with Crippen LogP contribution in [0.25, 0.3) is 10.9 Å². The first-order valence-corrected chi connectivity index (χ1v) is 11.6. The summed E-state index contributed by atoms with van der Waals surface area (Å²) in [6.45, 7) is 5.81. The summed E-state index contributed by atoms with van der Waals surface area (Å²) in [5.41, 5.74) is 3.18. The molecule has 2 aromatic rings. The highest BCUT2D eigenvalue weighted by Gasteiger charge is 2.48. The van der Waals surface area contributed by atoms with Crippen LogP contribution in [0.1, 0.15) is 30.1 Å². The number of carbonyl (C=O) groups is 1. The van der Waals surface area contributed by atoms with Crippen LogP contribution in [0.2, 0.25) is 0 Å². The van der Waals surface area contributed by atoms with E-state index in [1.54, 1.807) is 7.11 Å². The van der Waals surface area contributed by atoms with Crippen LogP contribution in [0, 0.1) is 0 Å². The zero-order valence-corrected chi connectivity index (χ0v) is 19.1. The standard InChI is InChI=1S/C24H34N4O4/c1-26-7-5-24(6-8-26)16-28(21(30)14-27-9-11-32-12-10-27)20(15-29)23-22(24)18-4-3-17(31-2)13-19(18)25-23/h3-4,13,20,25,29H,5-12,14-16H2,1-2H3/t20-/m1/s1. The molecule has 174 valence electrons. The van der Waals surface area contributed by atoms with Gasteiger partial charge in [-0.25, -0.2) is 0 Å². The fourth-order valence-electron chi connectivity index (χ4n) is 5.76. The third kappa shape index (κ3) is 3.69. The molecule has 32 heavy (non-hydrogen) atoms. The molecule has 1 aromatic heterocycles. The highest BCUT2D eigenvalue weighted by Crippen LogP contribution is 2.49. The van der Waals surface area contributed by atoms with Crippen molar-refractivity contribution in [2.75, 3.05) is 73.2 Å². The van der Waals surface area contributed by atoms with E-state index in [4.69, 9.17) is 9.47 Å². The molecule has 1 spiro atoms. The summed E-state index contributed by atoms with van der Waals surface area (Å²) in [5, 5.41) is 11.6. The van der Waals surface area contributed by atoms with Gasteiger partial charge in [-0.15, -0.1) is 0 Å². The molecule has 0 aliphatic carbocycles. The molecule has 4 heterocycles. The molecule has 0 saturated carbocycles. The lowest BCUT2D eigenvalue weighted by Crippen LogP contribution is -2.56. The summed E-state index contributed by atoms with van der Waals surface area (Å²) in [6.07, 6.45) is 1.99. The van der Waals surface area contributed by atoms with Gasteiger partial charge in [0, 0.05) is 47.7 Å². The van der Waals surface area contributed by atoms with Crippen LogP contribution in [-0.4, -0.2) is 104 Å². The molecule has 2 saturated heterocycles. The van der Waals surface area contributed by atoms with E-state index in [-0.39, 0.29) is 24.0 Å². The van der Waals surface area contributed by atoms with Crippen LogP contribution in [0.15, 0.2) is 18.2 Å². The summed E-state index contributed by atoms with van der Waals surface area (Å²) in [7, 11) is 3.83. The predicted octanol–water partition coefficient (Wildman–Crippen LogP) is 1.35. The number of nitrogens with one attached hydrogen (secondary N) is 1. The molecule has 1 atom stereocenters. The minimum Gasteiger partial charge on any atom is -0.497 e. The number of aliphatic hydroxyl groups is 1. The highest BCUT2D eigenvalue weighted by atomic mass is 16.5. The number of hydrogen-bond donors (Lipinski definition) is 2. The number of aromatic amines is 1. The van der Waals surface area contributed by atoms with Gasteiger partial charge in [-0.1, -0.05) is 0 Å². The number of H-pyrrole nitrogens is 1. The number of ether oxygens (including phenoxy) is 2. The quantitative estimate of drug-likeness (QED) is 0.744. The van der Waals surface area contributed by atoms with Crippen molar-refractivity contribution in [3.05, 3.63) is 29.5 Å². The molecule has 0 unspecified atom stereocenters. The van der Waals surface area contributed by atoms with Crippen molar-refractivity contribution in [2.24, 2.45) is 0 Å². The van der Waals surface area contributed by atoms with Crippen LogP contribution in [-0.2, 0) is 14.9 Å². The summed E-state index contributed by atoms with van der Waals surface area (Å²) in [5.74, 6) is 0.889. The van der Waals surface area contributed by atoms with Gasteiger partial charge in [-0.2, -0.15) is 0 Å². The topological polar surface area (TPSA) is 81.3 Å². The molecular formula is C24H34N4O4. The van der Waals surface area contributed by atoms with Crippen LogP contribution in [0.5, 0.6) is 5.75 Å². The minimum atomic E-state index is -0.359. The average Bonchev–Trinajstić information content (AvgIpc) is 3.21. The first kappa shape index (κ1) is 21.7. The second-order valence-electron chi connectivity index (χ2n) is 9.52. The fraction of sp³-hybridized carbons (Fsp3) is 0.625. The Hall–Kier alpha value is -2.13. The van der Waals surface area contributed by atoms with E-state index in [2.05, 4.69) is 27.9 Å². The maximum Gasteiger partial charge on any atom is 0.237 e. The van der Waals surface area contributed by atoms with Crippen molar-refractivity contribution in [1.82, 2.24) is 19.7 Å². The third-order valence-corrected chi connectivity index (χ3v) is 7.65. The number of rotatable bonds is 4. The zero-order chi connectivity index (χ0) is 22.3. The summed E-state index contributed by atoms with van der Waals surface area (Å²) in [4.78, 5) is 23.6. The van der Waals surface area contributed by atoms with Gasteiger partial charge in [0.05, 0.1) is 39.5 Å². The van der Waals surface area contributed by atoms with Crippen LogP contribution < -0.4 is 4.74 Å². The van der Waals surface area contributed by atoms with Gasteiger partial charge in [0.2, 0.25) is 5.91 Å². The Morgan fingerprint density at radius 1 is 1.25 bits per heavy atom. The van der Waals surface area contributed by atoms with Gasteiger partial charge in [0.15, 0.2) is 0 Å². The number of carbonyl (C=O) groups excluding carboxylic acids is 1. The van der Waals surface area contributed by atoms with Gasteiger partial charge in [-0.3, -0.25) is 9.69 Å². The average molecular weight is 443 g/mol. The Morgan fingerprint density at radius 2 is 2.00 bits per heavy atom. The first-order valence-electron chi connectivity index (χ1n) is 11.6. The van der Waals surface area contributed by atoms with E-state index in [9.17, 15) is 9.90 Å². The number of likely N-dealkylation sites (tertiary alicyclic amines) is 1. The summed E-state index contributed by atoms with van der Waals surface area (Å²) >= 11 is 0. The van der Waals surface area contributed by atoms with Crippen LogP contribution in [0.4, 0.5) is 0 Å². The van der Waals surface area contributed by atoms with Gasteiger partial charge >= 0.3 is 0 Å². The van der Waals surface area contributed by atoms with Gasteiger partial charge in [-0.05, 0) is 50.7 Å². The molecule has 1 amide bonds. The molecule has 3 aliphatic heterocycles. The lowest BCUT2D eigenvalue weighted by molar-refractivity contribution is -0.139. The number of benzene rings is 1. The second-order valence-corrected chi connectivity index (χ2v) is 9.52. The predicted molar refractivity (Wildman–Crippen MR) is 122 cm³/mol. The number of methoxy groups -OCH3 is 1. The third-order valence-electron chi connectivity index (χ3n) is 7.65. The Balaban J connectivity index is 1.56. The van der Waals surface area contributed by atoms with E-state index in [0.717, 1.165) is 56.0 Å². The molecule has 0 radical (unpaired) electrons. The molecule has 2 fully saturated rings. The largest absolute Gasteiger partial charge is 0.497 e. The van der Waals surface area contributed by atoms with E-state index in [0.29, 0.717) is 26.3 Å². The molecule has 8 heteroatoms. The SMILES string of the molecule is COc1ccc2c3c([nH]c2c1)[C@@H](CO)N(C(=O)CN1CCOCC1)CC31CCN(C)CC1. The number of nitrogens with zero attached hydrogens (tertiary/aromatic N) is 3. The maximum absolute atomic E-state index is 13.5. The van der Waals surface area contributed by atoms with E-state index < -0.39 is 0 Å². The Kier molecular flexibility index (Phi) is 5.88. The Morgan fingerprint density at radius 3 is 2.69 bits per heavy atom. The van der Waals surface area contributed by atoms with E-state index >= 15 is 0 Å². The molecule has 1 aromatic carbocycles. The summed E-state index contributed by atoms with van der Waals surface area (Å²) < 4.78 is 10.9. The molecule has 2 N–H and O–H groups in total. The van der Waals surface area contributed by atoms with Crippen molar-refractivity contribution >= 4 is 16.8 Å². The van der Waals surface area contributed by atoms with Crippen molar-refractivity contribution in [3.63, 3.8) is 0 Å². The van der Waals surface area contributed by atoms with Crippen molar-refractivity contribution < 1.29 is 19.4 Å².